The van der Waals surface area contributed by atoms with Crippen molar-refractivity contribution >= 4 is 27.5 Å². The Hall–Kier alpha value is -3.27. The molecule has 0 radical (unpaired) electrons. The van der Waals surface area contributed by atoms with Gasteiger partial charge >= 0.3 is 0 Å². The fourth-order valence-electron chi connectivity index (χ4n) is 3.42. The first kappa shape index (κ1) is 18.1. The van der Waals surface area contributed by atoms with Crippen LogP contribution in [-0.2, 0) is 0 Å². The van der Waals surface area contributed by atoms with Crippen molar-refractivity contribution < 1.29 is 14.3 Å². The maximum absolute atomic E-state index is 13.1. The summed E-state index contributed by atoms with van der Waals surface area (Å²) in [5.41, 5.74) is 2.08. The number of H-pyrrole nitrogens is 1. The molecule has 0 aliphatic carbocycles. The van der Waals surface area contributed by atoms with E-state index >= 15 is 0 Å². The summed E-state index contributed by atoms with van der Waals surface area (Å²) in [6.45, 7) is 2.75. The SMILES string of the molecule is CCCCOc1ccc(C(=O)c2cc3c(ccc4ccccc43)[nH]2)cc1OC. The second-order valence-corrected chi connectivity index (χ2v) is 6.83. The molecule has 0 amide bonds. The number of aromatic amines is 1. The van der Waals surface area contributed by atoms with Gasteiger partial charge < -0.3 is 14.5 Å². The van der Waals surface area contributed by atoms with Gasteiger partial charge in [-0.25, -0.2) is 0 Å². The summed E-state index contributed by atoms with van der Waals surface area (Å²) in [5, 5.41) is 3.34. The van der Waals surface area contributed by atoms with Crippen LogP contribution in [0.1, 0.15) is 35.8 Å². The summed E-state index contributed by atoms with van der Waals surface area (Å²) in [4.78, 5) is 16.3. The highest BCUT2D eigenvalue weighted by atomic mass is 16.5. The van der Waals surface area contributed by atoms with Gasteiger partial charge in [0, 0.05) is 16.5 Å². The van der Waals surface area contributed by atoms with Gasteiger partial charge in [-0.15, -0.1) is 0 Å². The third-order valence-electron chi connectivity index (χ3n) is 4.95. The van der Waals surface area contributed by atoms with Gasteiger partial charge in [-0.3, -0.25) is 4.79 Å². The molecule has 0 spiro atoms. The minimum atomic E-state index is -0.0707. The number of carbonyl (C=O) groups is 1. The zero-order valence-electron chi connectivity index (χ0n) is 16.1. The largest absolute Gasteiger partial charge is 0.493 e. The quantitative estimate of drug-likeness (QED) is 0.332. The molecule has 28 heavy (non-hydrogen) atoms. The highest BCUT2D eigenvalue weighted by Gasteiger charge is 2.16. The Morgan fingerprint density at radius 3 is 2.64 bits per heavy atom. The number of ketones is 1. The molecular weight excluding hydrogens is 350 g/mol. The molecular formula is C24H23NO3. The van der Waals surface area contributed by atoms with E-state index in [0.29, 0.717) is 29.4 Å². The van der Waals surface area contributed by atoms with Crippen LogP contribution in [0.2, 0.25) is 0 Å². The first-order valence-electron chi connectivity index (χ1n) is 9.57. The molecule has 1 aromatic heterocycles. The van der Waals surface area contributed by atoms with Crippen LogP contribution in [0, 0.1) is 0 Å². The Morgan fingerprint density at radius 2 is 1.82 bits per heavy atom. The second kappa shape index (κ2) is 7.77. The van der Waals surface area contributed by atoms with Crippen molar-refractivity contribution in [2.24, 2.45) is 0 Å². The predicted molar refractivity (Wildman–Crippen MR) is 113 cm³/mol. The van der Waals surface area contributed by atoms with Crippen molar-refractivity contribution in [3.05, 3.63) is 71.9 Å². The number of aromatic nitrogens is 1. The average Bonchev–Trinajstić information content (AvgIpc) is 3.18. The Labute approximate surface area is 164 Å². The van der Waals surface area contributed by atoms with E-state index in [2.05, 4.69) is 30.1 Å². The smallest absolute Gasteiger partial charge is 0.209 e. The van der Waals surface area contributed by atoms with Gasteiger partial charge in [0.2, 0.25) is 5.78 Å². The monoisotopic (exact) mass is 373 g/mol. The zero-order valence-corrected chi connectivity index (χ0v) is 16.1. The maximum Gasteiger partial charge on any atom is 0.209 e. The Balaban J connectivity index is 1.68. The van der Waals surface area contributed by atoms with E-state index in [0.717, 1.165) is 34.5 Å². The molecule has 1 N–H and O–H groups in total. The number of carbonyl (C=O) groups excluding carboxylic acids is 1. The molecule has 4 heteroatoms. The fourth-order valence-corrected chi connectivity index (χ4v) is 3.42. The van der Waals surface area contributed by atoms with Crippen molar-refractivity contribution in [3.63, 3.8) is 0 Å². The molecule has 0 fully saturated rings. The first-order valence-corrected chi connectivity index (χ1v) is 9.57. The number of methoxy groups -OCH3 is 1. The van der Waals surface area contributed by atoms with Gasteiger partial charge in [-0.2, -0.15) is 0 Å². The van der Waals surface area contributed by atoms with E-state index in [1.807, 2.05) is 24.3 Å². The number of fused-ring (bicyclic) bond motifs is 3. The number of rotatable bonds is 7. The molecule has 0 aliphatic rings. The summed E-state index contributed by atoms with van der Waals surface area (Å²) in [7, 11) is 1.59. The Bertz CT molecular complexity index is 1140. The van der Waals surface area contributed by atoms with E-state index in [1.165, 1.54) is 0 Å². The molecule has 3 aromatic carbocycles. The van der Waals surface area contributed by atoms with Crippen LogP contribution in [0.3, 0.4) is 0 Å². The molecule has 0 aliphatic heterocycles. The molecule has 0 atom stereocenters. The van der Waals surface area contributed by atoms with Crippen LogP contribution in [-0.4, -0.2) is 24.5 Å². The van der Waals surface area contributed by atoms with E-state index in [1.54, 1.807) is 25.3 Å². The normalized spacial score (nSPS) is 11.1. The van der Waals surface area contributed by atoms with Gasteiger partial charge in [0.05, 0.1) is 19.4 Å². The summed E-state index contributed by atoms with van der Waals surface area (Å²) in [6, 6.07) is 19.5. The molecule has 0 saturated carbocycles. The lowest BCUT2D eigenvalue weighted by Gasteiger charge is -2.11. The molecule has 142 valence electrons. The molecule has 1 heterocycles. The molecule has 4 aromatic rings. The van der Waals surface area contributed by atoms with Gasteiger partial charge in [0.15, 0.2) is 11.5 Å². The van der Waals surface area contributed by atoms with Crippen molar-refractivity contribution in [1.82, 2.24) is 4.98 Å². The van der Waals surface area contributed by atoms with Crippen LogP contribution < -0.4 is 9.47 Å². The van der Waals surface area contributed by atoms with Crippen LogP contribution in [0.25, 0.3) is 21.7 Å². The van der Waals surface area contributed by atoms with Crippen LogP contribution >= 0.6 is 0 Å². The van der Waals surface area contributed by atoms with E-state index in [4.69, 9.17) is 9.47 Å². The van der Waals surface area contributed by atoms with E-state index in [9.17, 15) is 4.79 Å². The summed E-state index contributed by atoms with van der Waals surface area (Å²) >= 11 is 0. The van der Waals surface area contributed by atoms with Gasteiger partial charge in [-0.05, 0) is 47.5 Å². The minimum absolute atomic E-state index is 0.0707. The number of unbranched alkanes of at least 4 members (excludes halogenated alkanes) is 1. The Kier molecular flexibility index (Phi) is 5.02. The van der Waals surface area contributed by atoms with Crippen LogP contribution in [0.15, 0.2) is 60.7 Å². The predicted octanol–water partition coefficient (Wildman–Crippen LogP) is 5.74. The lowest BCUT2D eigenvalue weighted by Crippen LogP contribution is -2.04. The number of benzene rings is 3. The lowest BCUT2D eigenvalue weighted by atomic mass is 10.1. The number of nitrogens with one attached hydrogen (secondary N) is 1. The third-order valence-corrected chi connectivity index (χ3v) is 4.95. The molecule has 0 bridgehead atoms. The number of hydrogen-bond donors (Lipinski definition) is 1. The first-order chi connectivity index (χ1) is 13.7. The van der Waals surface area contributed by atoms with Crippen LogP contribution in [0.4, 0.5) is 0 Å². The average molecular weight is 373 g/mol. The minimum Gasteiger partial charge on any atom is -0.493 e. The van der Waals surface area contributed by atoms with Crippen molar-refractivity contribution in [1.29, 1.82) is 0 Å². The van der Waals surface area contributed by atoms with Gasteiger partial charge in [-0.1, -0.05) is 43.7 Å². The number of hydrogen-bond acceptors (Lipinski definition) is 3. The summed E-state index contributed by atoms with van der Waals surface area (Å²) in [5.74, 6) is 1.16. The summed E-state index contributed by atoms with van der Waals surface area (Å²) in [6.07, 6.45) is 2.04. The van der Waals surface area contributed by atoms with Crippen molar-refractivity contribution in [2.45, 2.75) is 19.8 Å². The summed E-state index contributed by atoms with van der Waals surface area (Å²) < 4.78 is 11.2. The van der Waals surface area contributed by atoms with E-state index in [-0.39, 0.29) is 5.78 Å². The van der Waals surface area contributed by atoms with Gasteiger partial charge in [0.25, 0.3) is 0 Å². The molecule has 4 rings (SSSR count). The van der Waals surface area contributed by atoms with E-state index < -0.39 is 0 Å². The molecule has 4 nitrogen and oxygen atoms in total. The van der Waals surface area contributed by atoms with Crippen LogP contribution in [0.5, 0.6) is 11.5 Å². The lowest BCUT2D eigenvalue weighted by molar-refractivity contribution is 0.103. The van der Waals surface area contributed by atoms with Gasteiger partial charge in [0.1, 0.15) is 0 Å². The van der Waals surface area contributed by atoms with Crippen molar-refractivity contribution in [2.75, 3.05) is 13.7 Å². The third kappa shape index (κ3) is 3.33. The highest BCUT2D eigenvalue weighted by molar-refractivity contribution is 6.14. The zero-order chi connectivity index (χ0) is 19.5. The topological polar surface area (TPSA) is 51.3 Å². The number of ether oxygens (including phenoxy) is 2. The second-order valence-electron chi connectivity index (χ2n) is 6.83. The standard InChI is InChI=1S/C24H23NO3/c1-3-4-13-28-22-12-10-17(14-23(22)27-2)24(26)21-15-19-18-8-6-5-7-16(18)9-11-20(19)25-21/h5-12,14-15,25H,3-4,13H2,1-2H3. The maximum atomic E-state index is 13.1. The highest BCUT2D eigenvalue weighted by Crippen LogP contribution is 2.31. The molecule has 0 saturated heterocycles. The molecule has 0 unspecified atom stereocenters. The van der Waals surface area contributed by atoms with Crippen molar-refractivity contribution in [3.8, 4) is 11.5 Å². The Morgan fingerprint density at radius 1 is 0.964 bits per heavy atom. The fraction of sp³-hybridized carbons (Fsp3) is 0.208.